The van der Waals surface area contributed by atoms with Crippen LogP contribution >= 0.6 is 0 Å². The Hall–Kier alpha value is 1.17. The van der Waals surface area contributed by atoms with Gasteiger partial charge >= 0.3 is 0 Å². The third-order valence-electron chi connectivity index (χ3n) is 1.13. The third-order valence-corrected chi connectivity index (χ3v) is 1.13. The molecule has 0 aromatic rings. The molecule has 0 aromatic carbocycles. The van der Waals surface area contributed by atoms with Crippen molar-refractivity contribution in [2.24, 2.45) is 0 Å². The molecule has 0 N–H and O–H groups in total. The van der Waals surface area contributed by atoms with E-state index in [-0.39, 0.29) is 37.3 Å². The molecule has 0 aliphatic carbocycles. The molecule has 0 bridgehead atoms. The number of hydrogen-bond acceptors (Lipinski definition) is 2. The summed E-state index contributed by atoms with van der Waals surface area (Å²) in [7, 11) is 0. The Labute approximate surface area is 71.8 Å². The molecule has 46 valence electrons. The first-order chi connectivity index (χ1) is 2.97. The predicted molar refractivity (Wildman–Crippen MR) is 19.5 cm³/mol. The van der Waals surface area contributed by atoms with Crippen LogP contribution in [0.1, 0.15) is 0 Å². The van der Waals surface area contributed by atoms with Crippen molar-refractivity contribution in [3.63, 3.8) is 0 Å². The van der Waals surface area contributed by atoms with E-state index in [2.05, 4.69) is 0 Å². The minimum Gasteiger partial charge on any atom is -0.370 e. The molecule has 2 heterocycles. The molecule has 2 aliphatic rings. The first kappa shape index (κ1) is 6.29. The van der Waals surface area contributed by atoms with Crippen molar-refractivity contribution in [2.45, 2.75) is 12.2 Å². The van der Waals surface area contributed by atoms with Gasteiger partial charge in [-0.2, -0.15) is 0 Å². The fourth-order valence-electron chi connectivity index (χ4n) is 0.540. The zero-order chi connectivity index (χ0) is 3.98. The van der Waals surface area contributed by atoms with E-state index in [9.17, 15) is 0 Å². The largest absolute Gasteiger partial charge is 0.370 e. The predicted octanol–water partition coefficient (Wildman–Crippen LogP) is -0.216. The summed E-state index contributed by atoms with van der Waals surface area (Å²) in [6.45, 7) is 1.87. The Balaban J connectivity index is 0.000000245. The molecule has 7 heavy (non-hydrogen) atoms. The maximum atomic E-state index is 4.91. The van der Waals surface area contributed by atoms with Crippen molar-refractivity contribution in [3.8, 4) is 0 Å². The molecule has 0 amide bonds. The summed E-state index contributed by atoms with van der Waals surface area (Å²) in [6, 6.07) is 0. The van der Waals surface area contributed by atoms with Gasteiger partial charge in [0.25, 0.3) is 0 Å². The van der Waals surface area contributed by atoms with Gasteiger partial charge in [-0.1, -0.05) is 0 Å². The summed E-state index contributed by atoms with van der Waals surface area (Å²) in [4.78, 5) is 0. The van der Waals surface area contributed by atoms with Crippen molar-refractivity contribution >= 4 is 0 Å². The van der Waals surface area contributed by atoms with Gasteiger partial charge < -0.3 is 9.47 Å². The first-order valence-electron chi connectivity index (χ1n) is 2.20. The van der Waals surface area contributed by atoms with Crippen LogP contribution < -0.4 is 0 Å². The molecule has 0 radical (unpaired) electrons. The molecular weight excluding hydrogens is 247 g/mol. The van der Waals surface area contributed by atoms with E-state index in [1.165, 1.54) is 0 Å². The maximum absolute atomic E-state index is 4.91. The van der Waals surface area contributed by atoms with Crippen LogP contribution in [0, 0.1) is 37.3 Å². The minimum atomic E-state index is 0. The van der Waals surface area contributed by atoms with Crippen LogP contribution in [-0.2, 0) is 9.47 Å². The molecule has 0 saturated carbocycles. The third kappa shape index (κ3) is 1.53. The SMILES string of the molecule is C1OC1C1CO1.[Er]. The van der Waals surface area contributed by atoms with Crippen molar-refractivity contribution in [3.05, 3.63) is 0 Å². The van der Waals surface area contributed by atoms with Crippen molar-refractivity contribution < 1.29 is 46.8 Å². The smallest absolute Gasteiger partial charge is 0.109 e. The van der Waals surface area contributed by atoms with E-state index in [0.717, 1.165) is 13.2 Å². The van der Waals surface area contributed by atoms with Crippen molar-refractivity contribution in [2.75, 3.05) is 13.2 Å². The molecule has 0 spiro atoms. The summed E-state index contributed by atoms with van der Waals surface area (Å²) >= 11 is 0. The van der Waals surface area contributed by atoms with Crippen LogP contribution in [0.3, 0.4) is 0 Å². The molecule has 2 fully saturated rings. The van der Waals surface area contributed by atoms with Gasteiger partial charge in [0.2, 0.25) is 0 Å². The zero-order valence-electron chi connectivity index (χ0n) is 3.67. The van der Waals surface area contributed by atoms with Crippen LogP contribution in [-0.4, -0.2) is 25.4 Å². The van der Waals surface area contributed by atoms with E-state index in [1.54, 1.807) is 0 Å². The van der Waals surface area contributed by atoms with Gasteiger partial charge in [-0.25, -0.2) is 0 Å². The van der Waals surface area contributed by atoms with Crippen molar-refractivity contribution in [1.29, 1.82) is 0 Å². The number of hydrogen-bond donors (Lipinski definition) is 0. The van der Waals surface area contributed by atoms with Crippen LogP contribution in [0.5, 0.6) is 0 Å². The van der Waals surface area contributed by atoms with E-state index in [4.69, 9.17) is 9.47 Å². The number of ether oxygens (including phenoxy) is 2. The van der Waals surface area contributed by atoms with Gasteiger partial charge in [0, 0.05) is 37.3 Å². The topological polar surface area (TPSA) is 25.1 Å². The van der Waals surface area contributed by atoms with Crippen LogP contribution in [0.4, 0.5) is 0 Å². The Morgan fingerprint density at radius 1 is 1.00 bits per heavy atom. The Bertz CT molecular complexity index is 58.1. The second kappa shape index (κ2) is 2.19. The van der Waals surface area contributed by atoms with Gasteiger partial charge in [0.15, 0.2) is 0 Å². The fourth-order valence-corrected chi connectivity index (χ4v) is 0.540. The summed E-state index contributed by atoms with van der Waals surface area (Å²) in [5.41, 5.74) is 0. The summed E-state index contributed by atoms with van der Waals surface area (Å²) < 4.78 is 9.81. The Morgan fingerprint density at radius 3 is 1.43 bits per heavy atom. The molecule has 0 aromatic heterocycles. The van der Waals surface area contributed by atoms with E-state index in [0.29, 0.717) is 12.2 Å². The zero-order valence-corrected chi connectivity index (χ0v) is 5.53. The standard InChI is InChI=1S/C4H6O2.Er/c1-3(5-1)4-2-6-4;/h3-4H,1-2H2;. The van der Waals surface area contributed by atoms with Crippen LogP contribution in [0.25, 0.3) is 0 Å². The fraction of sp³-hybridized carbons (Fsp3) is 1.00. The molecule has 2 atom stereocenters. The second-order valence-corrected chi connectivity index (χ2v) is 1.74. The number of rotatable bonds is 1. The van der Waals surface area contributed by atoms with Gasteiger partial charge in [-0.05, 0) is 0 Å². The van der Waals surface area contributed by atoms with Gasteiger partial charge in [-0.15, -0.1) is 0 Å². The van der Waals surface area contributed by atoms with Crippen LogP contribution in [0.15, 0.2) is 0 Å². The summed E-state index contributed by atoms with van der Waals surface area (Å²) in [6.07, 6.45) is 0.981. The molecule has 2 rings (SSSR count). The second-order valence-electron chi connectivity index (χ2n) is 1.74. The summed E-state index contributed by atoms with van der Waals surface area (Å²) in [5.74, 6) is 0. The summed E-state index contributed by atoms with van der Waals surface area (Å²) in [5, 5.41) is 0. The minimum absolute atomic E-state index is 0. The molecule has 2 unspecified atom stereocenters. The average Bonchev–Trinajstić information content (AvgIpc) is 2.26. The quantitative estimate of drug-likeness (QED) is 0.604. The van der Waals surface area contributed by atoms with Crippen LogP contribution in [0.2, 0.25) is 0 Å². The Morgan fingerprint density at radius 2 is 1.29 bits per heavy atom. The first-order valence-corrected chi connectivity index (χ1v) is 2.20. The van der Waals surface area contributed by atoms with Gasteiger partial charge in [0.1, 0.15) is 12.2 Å². The van der Waals surface area contributed by atoms with Crippen molar-refractivity contribution in [1.82, 2.24) is 0 Å². The van der Waals surface area contributed by atoms with Gasteiger partial charge in [-0.3, -0.25) is 0 Å². The average molecular weight is 253 g/mol. The Kier molecular flexibility index (Phi) is 1.96. The molecule has 3 heteroatoms. The van der Waals surface area contributed by atoms with E-state index >= 15 is 0 Å². The van der Waals surface area contributed by atoms with Gasteiger partial charge in [0.05, 0.1) is 13.2 Å². The normalized spacial score (nSPS) is 44.6. The number of epoxide rings is 2. The molecule has 2 saturated heterocycles. The monoisotopic (exact) mass is 252 g/mol. The maximum Gasteiger partial charge on any atom is 0.109 e. The molecule has 2 aliphatic heterocycles. The van der Waals surface area contributed by atoms with E-state index < -0.39 is 0 Å². The molecular formula is C4H6ErO2. The molecule has 2 nitrogen and oxygen atoms in total. The van der Waals surface area contributed by atoms with E-state index in [1.807, 2.05) is 0 Å².